The van der Waals surface area contributed by atoms with Crippen LogP contribution in [0, 0.1) is 29.3 Å². The molecule has 246 valence electrons. The second-order valence-electron chi connectivity index (χ2n) is 11.6. The van der Waals surface area contributed by atoms with E-state index < -0.39 is 23.4 Å². The summed E-state index contributed by atoms with van der Waals surface area (Å²) in [7, 11) is 1.81. The number of benzene rings is 3. The number of hydrogen-bond donors (Lipinski definition) is 1. The van der Waals surface area contributed by atoms with Gasteiger partial charge in [0.15, 0.2) is 5.82 Å². The Hall–Kier alpha value is -5.93. The van der Waals surface area contributed by atoms with Crippen molar-refractivity contribution in [3.63, 3.8) is 0 Å². The summed E-state index contributed by atoms with van der Waals surface area (Å²) in [6, 6.07) is 16.0. The summed E-state index contributed by atoms with van der Waals surface area (Å²) in [6.45, 7) is 0.885. The van der Waals surface area contributed by atoms with Crippen LogP contribution in [0.25, 0.3) is 22.3 Å². The van der Waals surface area contributed by atoms with Crippen molar-refractivity contribution in [2.75, 3.05) is 6.61 Å². The van der Waals surface area contributed by atoms with Crippen LogP contribution in [-0.2, 0) is 31.4 Å². The van der Waals surface area contributed by atoms with Gasteiger partial charge in [0, 0.05) is 55.2 Å². The minimum absolute atomic E-state index is 0.0393. The summed E-state index contributed by atoms with van der Waals surface area (Å²) >= 11 is 0. The number of carboxylic acids is 1. The summed E-state index contributed by atoms with van der Waals surface area (Å²) in [5.74, 6) is 3.94. The Morgan fingerprint density at radius 2 is 1.84 bits per heavy atom. The van der Waals surface area contributed by atoms with Gasteiger partial charge in [-0.25, -0.2) is 32.9 Å². The first-order chi connectivity index (χ1) is 23.7. The van der Waals surface area contributed by atoms with Gasteiger partial charge >= 0.3 is 5.97 Å². The summed E-state index contributed by atoms with van der Waals surface area (Å²) in [6.07, 6.45) is 4.10. The van der Waals surface area contributed by atoms with Gasteiger partial charge in [-0.05, 0) is 66.4 Å². The molecule has 0 bridgehead atoms. The smallest absolute Gasteiger partial charge is 0.335 e. The normalized spacial score (nSPS) is 13.9. The highest BCUT2D eigenvalue weighted by molar-refractivity contribution is 5.92. The number of hydrogen-bond acceptors (Lipinski definition) is 6. The molecule has 0 aliphatic carbocycles. The van der Waals surface area contributed by atoms with Crippen LogP contribution in [-0.4, -0.2) is 47.9 Å². The minimum atomic E-state index is -1.08. The van der Waals surface area contributed by atoms with Gasteiger partial charge in [0.25, 0.3) is 0 Å². The van der Waals surface area contributed by atoms with Crippen molar-refractivity contribution in [2.24, 2.45) is 7.05 Å². The predicted octanol–water partition coefficient (Wildman–Crippen LogP) is 6.31. The third-order valence-electron chi connectivity index (χ3n) is 8.31. The lowest BCUT2D eigenvalue weighted by Crippen LogP contribution is -2.31. The van der Waals surface area contributed by atoms with E-state index in [9.17, 15) is 14.3 Å². The van der Waals surface area contributed by atoms with Crippen molar-refractivity contribution < 1.29 is 32.5 Å². The molecule has 1 atom stereocenters. The summed E-state index contributed by atoms with van der Waals surface area (Å²) in [5.41, 5.74) is 2.10. The zero-order valence-corrected chi connectivity index (χ0v) is 26.2. The zero-order valence-electron chi connectivity index (χ0n) is 26.2. The molecule has 1 N–H and O–H groups in total. The van der Waals surface area contributed by atoms with Crippen molar-refractivity contribution in [1.82, 2.24) is 24.1 Å². The fourth-order valence-corrected chi connectivity index (χ4v) is 5.52. The first-order valence-electron chi connectivity index (χ1n) is 15.4. The standard InChI is InChI=1S/C37H28F3N5O4/c1-44-13-12-41-34(44)10-6-22-5-7-24(28(38)15-22)21-49-36-4-2-3-31(43-36)27-19-29(39)25(16-30(27)40)18-35-42-32-9-8-23(37(46)47)17-33(32)45(35)20-26-11-14-48-26/h2-5,7-9,12-13,15-17,19,26H,11,14,18,20-21H2,1H3,(H,46,47)/t26-/m0/s1. The van der Waals surface area contributed by atoms with Gasteiger partial charge in [-0.2, -0.15) is 0 Å². The Bertz CT molecular complexity index is 2280. The number of halogens is 3. The molecule has 0 amide bonds. The fraction of sp³-hybridized carbons (Fsp3) is 0.189. The molecule has 9 nitrogen and oxygen atoms in total. The van der Waals surface area contributed by atoms with Gasteiger partial charge in [0.1, 0.15) is 29.9 Å². The van der Waals surface area contributed by atoms with Gasteiger partial charge in [-0.3, -0.25) is 0 Å². The Morgan fingerprint density at radius 1 is 1.00 bits per heavy atom. The average molecular weight is 664 g/mol. The van der Waals surface area contributed by atoms with Gasteiger partial charge in [-0.1, -0.05) is 18.1 Å². The van der Waals surface area contributed by atoms with Crippen LogP contribution in [0.1, 0.15) is 45.1 Å². The Labute approximate surface area is 278 Å². The molecule has 0 unspecified atom stereocenters. The monoisotopic (exact) mass is 663 g/mol. The van der Waals surface area contributed by atoms with Crippen LogP contribution >= 0.6 is 0 Å². The number of carboxylic acid groups (broad SMARTS) is 1. The van der Waals surface area contributed by atoms with Crippen molar-refractivity contribution in [3.8, 4) is 29.0 Å². The Kier molecular flexibility index (Phi) is 8.59. The van der Waals surface area contributed by atoms with Gasteiger partial charge in [0.05, 0.1) is 34.9 Å². The SMILES string of the molecule is Cn1ccnc1C#Cc1ccc(COc2cccc(-c3cc(F)c(Cc4nc5ccc(C(=O)O)cc5n4C[C@@H]4CCO4)cc3F)n2)c(F)c1. The zero-order chi connectivity index (χ0) is 34.1. The number of rotatable bonds is 9. The molecular weight excluding hydrogens is 635 g/mol. The van der Waals surface area contributed by atoms with Gasteiger partial charge in [0.2, 0.25) is 5.88 Å². The van der Waals surface area contributed by atoms with E-state index in [1.807, 2.05) is 11.6 Å². The number of aryl methyl sites for hydroxylation is 1. The number of aromatic nitrogens is 5. The quantitative estimate of drug-likeness (QED) is 0.181. The number of aromatic carboxylic acids is 1. The van der Waals surface area contributed by atoms with Crippen molar-refractivity contribution >= 4 is 17.0 Å². The van der Waals surface area contributed by atoms with Crippen molar-refractivity contribution in [3.05, 3.63) is 130 Å². The average Bonchev–Trinajstić information content (AvgIpc) is 3.64. The van der Waals surface area contributed by atoms with Crippen LogP contribution in [0.5, 0.6) is 5.88 Å². The first kappa shape index (κ1) is 31.7. The Morgan fingerprint density at radius 3 is 2.57 bits per heavy atom. The number of carbonyl (C=O) groups is 1. The molecule has 1 aliphatic heterocycles. The molecule has 0 saturated carbocycles. The summed E-state index contributed by atoms with van der Waals surface area (Å²) in [5, 5.41) is 9.49. The molecule has 49 heavy (non-hydrogen) atoms. The Balaban J connectivity index is 1.09. The van der Waals surface area contributed by atoms with E-state index in [1.165, 1.54) is 24.3 Å². The molecule has 1 aliphatic rings. The molecule has 3 aromatic heterocycles. The van der Waals surface area contributed by atoms with Gasteiger partial charge < -0.3 is 23.7 Å². The second kappa shape index (κ2) is 13.3. The summed E-state index contributed by atoms with van der Waals surface area (Å²) in [4.78, 5) is 24.7. The molecular formula is C37H28F3N5O4. The molecule has 7 rings (SSSR count). The summed E-state index contributed by atoms with van der Waals surface area (Å²) < 4.78 is 60.8. The van der Waals surface area contributed by atoms with E-state index in [0.29, 0.717) is 41.4 Å². The number of imidazole rings is 2. The van der Waals surface area contributed by atoms with Crippen LogP contribution in [0.15, 0.2) is 79.1 Å². The molecule has 1 saturated heterocycles. The fourth-order valence-electron chi connectivity index (χ4n) is 5.52. The van der Waals surface area contributed by atoms with E-state index in [2.05, 4.69) is 26.8 Å². The second-order valence-corrected chi connectivity index (χ2v) is 11.6. The van der Waals surface area contributed by atoms with E-state index in [4.69, 9.17) is 9.47 Å². The van der Waals surface area contributed by atoms with Crippen LogP contribution in [0.3, 0.4) is 0 Å². The highest BCUT2D eigenvalue weighted by atomic mass is 19.1. The molecule has 4 heterocycles. The van der Waals surface area contributed by atoms with Crippen molar-refractivity contribution in [1.29, 1.82) is 0 Å². The molecule has 12 heteroatoms. The topological polar surface area (TPSA) is 104 Å². The third kappa shape index (κ3) is 6.75. The van der Waals surface area contributed by atoms with Crippen LogP contribution < -0.4 is 4.74 Å². The lowest BCUT2D eigenvalue weighted by Gasteiger charge is -2.27. The largest absolute Gasteiger partial charge is 0.478 e. The highest BCUT2D eigenvalue weighted by Gasteiger charge is 2.24. The maximum atomic E-state index is 15.6. The number of fused-ring (bicyclic) bond motifs is 1. The van der Waals surface area contributed by atoms with Gasteiger partial charge in [-0.15, -0.1) is 0 Å². The van der Waals surface area contributed by atoms with E-state index in [-0.39, 0.29) is 53.0 Å². The molecule has 6 aromatic rings. The maximum absolute atomic E-state index is 15.6. The third-order valence-corrected chi connectivity index (χ3v) is 8.31. The van der Waals surface area contributed by atoms with E-state index in [0.717, 1.165) is 18.6 Å². The minimum Gasteiger partial charge on any atom is -0.478 e. The van der Waals surface area contributed by atoms with Crippen LogP contribution in [0.4, 0.5) is 13.2 Å². The van der Waals surface area contributed by atoms with Crippen LogP contribution in [0.2, 0.25) is 0 Å². The number of pyridine rings is 1. The lowest BCUT2D eigenvalue weighted by atomic mass is 10.0. The van der Waals surface area contributed by atoms with Crippen molar-refractivity contribution in [2.45, 2.75) is 32.1 Å². The van der Waals surface area contributed by atoms with E-state index in [1.54, 1.807) is 47.3 Å². The van der Waals surface area contributed by atoms with E-state index >= 15 is 8.78 Å². The maximum Gasteiger partial charge on any atom is 0.335 e. The molecule has 0 spiro atoms. The predicted molar refractivity (Wildman–Crippen MR) is 173 cm³/mol. The lowest BCUT2D eigenvalue weighted by molar-refractivity contribution is -0.0589. The molecule has 0 radical (unpaired) electrons. The number of ether oxygens (including phenoxy) is 2. The number of nitrogens with zero attached hydrogens (tertiary/aromatic N) is 5. The highest BCUT2D eigenvalue weighted by Crippen LogP contribution is 2.29. The first-order valence-corrected chi connectivity index (χ1v) is 15.4. The molecule has 3 aromatic carbocycles. The molecule has 1 fully saturated rings.